The molecule has 0 spiro atoms. The molecule has 1 aromatic heterocycles. The standard InChI is InChI=1S/C14H16BrN3O2S/c1-10-8-13(15)14(18-9-10)17-7-6-11-2-4-12(5-3-11)21(16,19)20/h2-5,8-9H,6-7H2,1H3,(H,17,18)(H2,16,19,20). The van der Waals surface area contributed by atoms with Gasteiger partial charge in [0, 0.05) is 12.7 Å². The van der Waals surface area contributed by atoms with E-state index < -0.39 is 10.0 Å². The van der Waals surface area contributed by atoms with Crippen LogP contribution in [0.15, 0.2) is 45.9 Å². The number of aromatic nitrogens is 1. The molecule has 0 aliphatic rings. The van der Waals surface area contributed by atoms with E-state index in [2.05, 4.69) is 26.2 Å². The number of pyridine rings is 1. The lowest BCUT2D eigenvalue weighted by Gasteiger charge is -2.08. The van der Waals surface area contributed by atoms with Crippen LogP contribution in [-0.2, 0) is 16.4 Å². The van der Waals surface area contributed by atoms with Gasteiger partial charge in [-0.05, 0) is 58.6 Å². The van der Waals surface area contributed by atoms with Crippen LogP contribution >= 0.6 is 15.9 Å². The molecule has 7 heteroatoms. The van der Waals surface area contributed by atoms with Crippen LogP contribution in [0.4, 0.5) is 5.82 Å². The van der Waals surface area contributed by atoms with Crippen molar-refractivity contribution in [3.05, 3.63) is 52.1 Å². The Hall–Kier alpha value is -1.44. The van der Waals surface area contributed by atoms with Crippen LogP contribution in [0.1, 0.15) is 11.1 Å². The number of halogens is 1. The van der Waals surface area contributed by atoms with Crippen molar-refractivity contribution in [3.8, 4) is 0 Å². The highest BCUT2D eigenvalue weighted by molar-refractivity contribution is 9.10. The van der Waals surface area contributed by atoms with Gasteiger partial charge in [-0.1, -0.05) is 12.1 Å². The molecule has 0 bridgehead atoms. The van der Waals surface area contributed by atoms with Crippen molar-refractivity contribution in [2.24, 2.45) is 5.14 Å². The fourth-order valence-electron chi connectivity index (χ4n) is 1.83. The summed E-state index contributed by atoms with van der Waals surface area (Å²) in [6, 6.07) is 8.56. The van der Waals surface area contributed by atoms with Crippen molar-refractivity contribution in [1.82, 2.24) is 4.98 Å². The predicted molar refractivity (Wildman–Crippen MR) is 86.7 cm³/mol. The Morgan fingerprint density at radius 3 is 2.52 bits per heavy atom. The van der Waals surface area contributed by atoms with Gasteiger partial charge in [-0.2, -0.15) is 0 Å². The third kappa shape index (κ3) is 4.52. The zero-order valence-electron chi connectivity index (χ0n) is 11.5. The molecule has 0 unspecified atom stereocenters. The molecule has 3 N–H and O–H groups in total. The second-order valence-corrected chi connectivity index (χ2v) is 7.12. The highest BCUT2D eigenvalue weighted by atomic mass is 79.9. The molecule has 2 rings (SSSR count). The summed E-state index contributed by atoms with van der Waals surface area (Å²) in [6.45, 7) is 2.68. The van der Waals surface area contributed by atoms with Crippen molar-refractivity contribution in [2.75, 3.05) is 11.9 Å². The summed E-state index contributed by atoms with van der Waals surface area (Å²) in [5.41, 5.74) is 2.11. The van der Waals surface area contributed by atoms with E-state index in [1.807, 2.05) is 13.0 Å². The average Bonchev–Trinajstić information content (AvgIpc) is 2.41. The molecule has 21 heavy (non-hydrogen) atoms. The second kappa shape index (κ2) is 6.55. The third-order valence-electron chi connectivity index (χ3n) is 2.94. The lowest BCUT2D eigenvalue weighted by molar-refractivity contribution is 0.598. The summed E-state index contributed by atoms with van der Waals surface area (Å²) in [5.74, 6) is 0.793. The quantitative estimate of drug-likeness (QED) is 0.847. The molecule has 0 amide bonds. The number of hydrogen-bond donors (Lipinski definition) is 2. The van der Waals surface area contributed by atoms with E-state index in [0.717, 1.165) is 27.8 Å². The Labute approximate surface area is 132 Å². The SMILES string of the molecule is Cc1cnc(NCCc2ccc(S(N)(=O)=O)cc2)c(Br)c1. The van der Waals surface area contributed by atoms with E-state index in [0.29, 0.717) is 6.54 Å². The van der Waals surface area contributed by atoms with Gasteiger partial charge in [0.15, 0.2) is 0 Å². The van der Waals surface area contributed by atoms with Crippen molar-refractivity contribution < 1.29 is 8.42 Å². The zero-order valence-corrected chi connectivity index (χ0v) is 13.9. The predicted octanol–water partition coefficient (Wildman–Crippen LogP) is 2.45. The number of sulfonamides is 1. The summed E-state index contributed by atoms with van der Waals surface area (Å²) in [5, 5.41) is 8.29. The van der Waals surface area contributed by atoms with Crippen molar-refractivity contribution >= 4 is 31.8 Å². The monoisotopic (exact) mass is 369 g/mol. The topological polar surface area (TPSA) is 85.1 Å². The minimum absolute atomic E-state index is 0.127. The van der Waals surface area contributed by atoms with Crippen LogP contribution in [0.3, 0.4) is 0 Å². The number of aryl methyl sites for hydroxylation is 1. The average molecular weight is 370 g/mol. The van der Waals surface area contributed by atoms with Crippen molar-refractivity contribution in [2.45, 2.75) is 18.2 Å². The highest BCUT2D eigenvalue weighted by Gasteiger charge is 2.06. The van der Waals surface area contributed by atoms with Gasteiger partial charge in [0.25, 0.3) is 0 Å². The number of rotatable bonds is 5. The largest absolute Gasteiger partial charge is 0.369 e. The van der Waals surface area contributed by atoms with Crippen molar-refractivity contribution in [3.63, 3.8) is 0 Å². The summed E-state index contributed by atoms with van der Waals surface area (Å²) < 4.78 is 23.2. The molecular weight excluding hydrogens is 354 g/mol. The van der Waals surface area contributed by atoms with E-state index in [1.165, 1.54) is 12.1 Å². The van der Waals surface area contributed by atoms with E-state index in [-0.39, 0.29) is 4.90 Å². The van der Waals surface area contributed by atoms with Crippen LogP contribution in [0.25, 0.3) is 0 Å². The molecule has 0 aliphatic carbocycles. The van der Waals surface area contributed by atoms with Gasteiger partial charge in [-0.3, -0.25) is 0 Å². The fraction of sp³-hybridized carbons (Fsp3) is 0.214. The van der Waals surface area contributed by atoms with E-state index in [1.54, 1.807) is 18.3 Å². The lowest BCUT2D eigenvalue weighted by Crippen LogP contribution is -2.12. The smallest absolute Gasteiger partial charge is 0.238 e. The first-order chi connectivity index (χ1) is 9.86. The molecule has 1 aromatic carbocycles. The minimum Gasteiger partial charge on any atom is -0.369 e. The molecule has 112 valence electrons. The number of nitrogens with zero attached hydrogens (tertiary/aromatic N) is 1. The Bertz CT molecular complexity index is 730. The van der Waals surface area contributed by atoms with Gasteiger partial charge < -0.3 is 5.32 Å². The number of nitrogens with one attached hydrogen (secondary N) is 1. The number of primary sulfonamides is 1. The molecule has 0 saturated heterocycles. The molecule has 0 atom stereocenters. The van der Waals surface area contributed by atoms with Crippen LogP contribution in [0.2, 0.25) is 0 Å². The second-order valence-electron chi connectivity index (χ2n) is 4.71. The number of benzene rings is 1. The summed E-state index contributed by atoms with van der Waals surface area (Å²) in [6.07, 6.45) is 2.56. The first-order valence-electron chi connectivity index (χ1n) is 6.34. The molecule has 0 radical (unpaired) electrons. The van der Waals surface area contributed by atoms with Crippen LogP contribution in [0, 0.1) is 6.92 Å². The normalized spacial score (nSPS) is 11.4. The Kier molecular flexibility index (Phi) is 4.97. The van der Waals surface area contributed by atoms with Gasteiger partial charge in [-0.25, -0.2) is 18.5 Å². The van der Waals surface area contributed by atoms with Gasteiger partial charge in [0.1, 0.15) is 5.82 Å². The van der Waals surface area contributed by atoms with Gasteiger partial charge in [-0.15, -0.1) is 0 Å². The van der Waals surface area contributed by atoms with Gasteiger partial charge in [0.2, 0.25) is 10.0 Å². The summed E-state index contributed by atoms with van der Waals surface area (Å²) in [4.78, 5) is 4.43. The van der Waals surface area contributed by atoms with Crippen LogP contribution in [-0.4, -0.2) is 19.9 Å². The molecule has 0 aliphatic heterocycles. The third-order valence-corrected chi connectivity index (χ3v) is 4.47. The number of anilines is 1. The Morgan fingerprint density at radius 2 is 1.95 bits per heavy atom. The fourth-order valence-corrected chi connectivity index (χ4v) is 2.95. The van der Waals surface area contributed by atoms with E-state index in [9.17, 15) is 8.42 Å². The van der Waals surface area contributed by atoms with E-state index in [4.69, 9.17) is 5.14 Å². The molecule has 2 aromatic rings. The number of hydrogen-bond acceptors (Lipinski definition) is 4. The highest BCUT2D eigenvalue weighted by Crippen LogP contribution is 2.20. The zero-order chi connectivity index (χ0) is 15.5. The summed E-state index contributed by atoms with van der Waals surface area (Å²) >= 11 is 3.46. The maximum absolute atomic E-state index is 11.2. The molecule has 5 nitrogen and oxygen atoms in total. The van der Waals surface area contributed by atoms with Gasteiger partial charge >= 0.3 is 0 Å². The first kappa shape index (κ1) is 15.9. The molecular formula is C14H16BrN3O2S. The van der Waals surface area contributed by atoms with Crippen LogP contribution < -0.4 is 10.5 Å². The minimum atomic E-state index is -3.62. The van der Waals surface area contributed by atoms with Crippen LogP contribution in [0.5, 0.6) is 0 Å². The number of nitrogens with two attached hydrogens (primary N) is 1. The van der Waals surface area contributed by atoms with Crippen molar-refractivity contribution in [1.29, 1.82) is 0 Å². The lowest BCUT2D eigenvalue weighted by atomic mass is 10.1. The van der Waals surface area contributed by atoms with Gasteiger partial charge in [0.05, 0.1) is 9.37 Å². The molecule has 0 saturated carbocycles. The maximum atomic E-state index is 11.2. The molecule has 1 heterocycles. The first-order valence-corrected chi connectivity index (χ1v) is 8.68. The van der Waals surface area contributed by atoms with E-state index >= 15 is 0 Å². The maximum Gasteiger partial charge on any atom is 0.238 e. The summed E-state index contributed by atoms with van der Waals surface area (Å²) in [7, 11) is -3.62. The Balaban J connectivity index is 1.94. The molecule has 0 fully saturated rings. The Morgan fingerprint density at radius 1 is 1.29 bits per heavy atom.